The number of phenols is 1. The van der Waals surface area contributed by atoms with Gasteiger partial charge in [0.15, 0.2) is 23.0 Å². The van der Waals surface area contributed by atoms with Crippen molar-refractivity contribution in [1.82, 2.24) is 9.80 Å². The third-order valence-electron chi connectivity index (χ3n) is 8.17. The first-order chi connectivity index (χ1) is 18.3. The van der Waals surface area contributed by atoms with Crippen molar-refractivity contribution in [2.45, 2.75) is 24.7 Å². The molecule has 1 N–H and O–H groups in total. The zero-order chi connectivity index (χ0) is 27.0. The molecule has 206 valence electrons. The van der Waals surface area contributed by atoms with E-state index in [2.05, 4.69) is 37.0 Å². The minimum Gasteiger partial charge on any atom is -0.502 e. The van der Waals surface area contributed by atoms with Gasteiger partial charge in [0, 0.05) is 11.8 Å². The van der Waals surface area contributed by atoms with Gasteiger partial charge in [0.05, 0.1) is 26.7 Å². The van der Waals surface area contributed by atoms with Crippen LogP contribution < -0.4 is 18.9 Å². The Labute approximate surface area is 224 Å². The first-order valence-corrected chi connectivity index (χ1v) is 13.2. The van der Waals surface area contributed by atoms with Crippen LogP contribution in [0.25, 0.3) is 0 Å². The second kappa shape index (κ2) is 10.9. The molecular formula is C29H38N2O7. The van der Waals surface area contributed by atoms with Crippen molar-refractivity contribution in [1.29, 1.82) is 0 Å². The number of fused-ring (bicyclic) bond motifs is 3. The number of methoxy groups -OCH3 is 2. The molecule has 0 bridgehead atoms. The molecule has 5 rings (SSSR count). The number of phenolic OH excluding ortho intramolecular Hbond substituents is 1. The van der Waals surface area contributed by atoms with Gasteiger partial charge in [-0.1, -0.05) is 0 Å². The molecule has 9 nitrogen and oxygen atoms in total. The molecule has 0 spiro atoms. The zero-order valence-corrected chi connectivity index (χ0v) is 22.9. The van der Waals surface area contributed by atoms with Crippen molar-refractivity contribution in [2.24, 2.45) is 11.8 Å². The number of aromatic hydroxyl groups is 1. The summed E-state index contributed by atoms with van der Waals surface area (Å²) in [5, 5.41) is 10.5. The van der Waals surface area contributed by atoms with Crippen molar-refractivity contribution < 1.29 is 33.6 Å². The average Bonchev–Trinajstić information content (AvgIpc) is 3.51. The Morgan fingerprint density at radius 2 is 1.58 bits per heavy atom. The van der Waals surface area contributed by atoms with Crippen LogP contribution in [0.4, 0.5) is 0 Å². The van der Waals surface area contributed by atoms with Crippen LogP contribution in [0.3, 0.4) is 0 Å². The number of carbonyl (C=O) groups is 1. The molecule has 1 fully saturated rings. The van der Waals surface area contributed by atoms with E-state index in [1.54, 1.807) is 12.1 Å². The molecule has 0 amide bonds. The van der Waals surface area contributed by atoms with Crippen molar-refractivity contribution in [3.05, 3.63) is 41.0 Å². The third kappa shape index (κ3) is 4.85. The summed E-state index contributed by atoms with van der Waals surface area (Å²) in [6.45, 7) is 3.54. The van der Waals surface area contributed by atoms with Crippen molar-refractivity contribution >= 4 is 5.97 Å². The Morgan fingerprint density at radius 1 is 0.921 bits per heavy atom. The average molecular weight is 527 g/mol. The summed E-state index contributed by atoms with van der Waals surface area (Å²) in [6, 6.07) is 7.69. The van der Waals surface area contributed by atoms with Crippen molar-refractivity contribution in [3.63, 3.8) is 0 Å². The molecule has 2 aromatic carbocycles. The summed E-state index contributed by atoms with van der Waals surface area (Å²) in [5.41, 5.74) is 3.00. The fraction of sp³-hybridized carbons (Fsp3) is 0.552. The van der Waals surface area contributed by atoms with Gasteiger partial charge in [-0.3, -0.25) is 4.79 Å². The van der Waals surface area contributed by atoms with Crippen LogP contribution in [0.15, 0.2) is 24.3 Å². The Kier molecular flexibility index (Phi) is 7.59. The number of cyclic esters (lactones) is 1. The van der Waals surface area contributed by atoms with Gasteiger partial charge >= 0.3 is 5.97 Å². The highest BCUT2D eigenvalue weighted by atomic mass is 16.7. The van der Waals surface area contributed by atoms with E-state index >= 15 is 0 Å². The van der Waals surface area contributed by atoms with Gasteiger partial charge < -0.3 is 38.6 Å². The lowest BCUT2D eigenvalue weighted by atomic mass is 9.62. The Morgan fingerprint density at radius 3 is 2.21 bits per heavy atom. The van der Waals surface area contributed by atoms with Crippen molar-refractivity contribution in [3.8, 4) is 28.7 Å². The summed E-state index contributed by atoms with van der Waals surface area (Å²) in [6.07, 6.45) is 2.00. The summed E-state index contributed by atoms with van der Waals surface area (Å²) in [5.74, 6) is 1.21. The first-order valence-electron chi connectivity index (χ1n) is 13.2. The Bertz CT molecular complexity index is 1160. The molecule has 1 aliphatic carbocycles. The van der Waals surface area contributed by atoms with Gasteiger partial charge in [-0.2, -0.15) is 0 Å². The number of rotatable bonds is 10. The normalized spacial score (nSPS) is 23.4. The smallest absolute Gasteiger partial charge is 0.310 e. The lowest BCUT2D eigenvalue weighted by Gasteiger charge is -2.40. The molecule has 1 saturated heterocycles. The maximum Gasteiger partial charge on any atom is 0.310 e. The van der Waals surface area contributed by atoms with E-state index in [-0.39, 0.29) is 42.2 Å². The summed E-state index contributed by atoms with van der Waals surface area (Å²) in [7, 11) is 9.35. The van der Waals surface area contributed by atoms with Crippen LogP contribution in [0, 0.1) is 11.8 Å². The highest BCUT2D eigenvalue weighted by Gasteiger charge is 2.52. The number of benzene rings is 2. The number of hydrogen-bond acceptors (Lipinski definition) is 9. The van der Waals surface area contributed by atoms with Gasteiger partial charge in [-0.15, -0.1) is 0 Å². The van der Waals surface area contributed by atoms with E-state index in [0.29, 0.717) is 23.9 Å². The van der Waals surface area contributed by atoms with E-state index in [9.17, 15) is 9.90 Å². The molecule has 0 radical (unpaired) electrons. The standard InChI is InChI=1S/C29H38N2O7/c1-30(2)8-6-9-31(3)10-7-18-19-13-22-23(38-16-37-22)14-20(19)26(27-21(18)15-36-29(27)33)17-11-24(34-4)28(32)25(12-17)35-5/h11-14,18,21,26-27,32H,6-10,15-16H2,1-5H3/t18-,21?,26-,27+/m1/s1. The predicted octanol–water partition coefficient (Wildman–Crippen LogP) is 3.43. The summed E-state index contributed by atoms with van der Waals surface area (Å²) < 4.78 is 28.1. The van der Waals surface area contributed by atoms with Crippen molar-refractivity contribution in [2.75, 3.05) is 68.4 Å². The monoisotopic (exact) mass is 526 g/mol. The van der Waals surface area contributed by atoms with E-state index in [4.69, 9.17) is 23.7 Å². The predicted molar refractivity (Wildman–Crippen MR) is 142 cm³/mol. The van der Waals surface area contributed by atoms with E-state index in [1.165, 1.54) is 14.2 Å². The molecule has 9 heteroatoms. The number of hydrogen-bond donors (Lipinski definition) is 1. The second-order valence-corrected chi connectivity index (χ2v) is 10.8. The van der Waals surface area contributed by atoms with Crippen LogP contribution in [0.5, 0.6) is 28.7 Å². The van der Waals surface area contributed by atoms with Gasteiger partial charge in [-0.05, 0) is 100 Å². The fourth-order valence-corrected chi connectivity index (χ4v) is 6.27. The summed E-state index contributed by atoms with van der Waals surface area (Å²) in [4.78, 5) is 17.9. The van der Waals surface area contributed by atoms with E-state index in [1.807, 2.05) is 6.07 Å². The minimum atomic E-state index is -0.370. The van der Waals surface area contributed by atoms with Crippen LogP contribution in [0.2, 0.25) is 0 Å². The molecular weight excluding hydrogens is 488 g/mol. The molecule has 2 aromatic rings. The first kappa shape index (κ1) is 26.4. The number of carbonyl (C=O) groups excluding carboxylic acids is 1. The van der Waals surface area contributed by atoms with Crippen LogP contribution in [-0.2, 0) is 9.53 Å². The lowest BCUT2D eigenvalue weighted by Crippen LogP contribution is -2.36. The minimum absolute atomic E-state index is 0.0151. The Balaban J connectivity index is 1.55. The molecule has 38 heavy (non-hydrogen) atoms. The van der Waals surface area contributed by atoms with Crippen LogP contribution in [-0.4, -0.2) is 89.3 Å². The lowest BCUT2D eigenvalue weighted by molar-refractivity contribution is -0.141. The molecule has 1 unspecified atom stereocenters. The molecule has 2 aliphatic heterocycles. The molecule has 2 heterocycles. The molecule has 3 aliphatic rings. The van der Waals surface area contributed by atoms with E-state index in [0.717, 1.165) is 54.9 Å². The number of nitrogens with zero attached hydrogens (tertiary/aromatic N) is 2. The number of esters is 1. The van der Waals surface area contributed by atoms with Gasteiger partial charge in [-0.25, -0.2) is 0 Å². The topological polar surface area (TPSA) is 89.9 Å². The Hall–Kier alpha value is -3.17. The SMILES string of the molecule is COc1cc([C@@H]2c3cc4c(cc3[C@@H](CCN(C)CCCN(C)C)C3COC(=O)[C@@H]32)OCO4)cc(OC)c1O. The second-order valence-electron chi connectivity index (χ2n) is 10.8. The largest absolute Gasteiger partial charge is 0.502 e. The van der Waals surface area contributed by atoms with Gasteiger partial charge in [0.2, 0.25) is 12.5 Å². The third-order valence-corrected chi connectivity index (χ3v) is 8.17. The summed E-state index contributed by atoms with van der Waals surface area (Å²) >= 11 is 0. The van der Waals surface area contributed by atoms with Crippen LogP contribution in [0.1, 0.15) is 41.4 Å². The number of ether oxygens (including phenoxy) is 5. The zero-order valence-electron chi connectivity index (χ0n) is 22.9. The van der Waals surface area contributed by atoms with Crippen LogP contribution >= 0.6 is 0 Å². The van der Waals surface area contributed by atoms with E-state index < -0.39 is 0 Å². The molecule has 4 atom stereocenters. The maximum absolute atomic E-state index is 13.3. The highest BCUT2D eigenvalue weighted by molar-refractivity contribution is 5.79. The van der Waals surface area contributed by atoms with Gasteiger partial charge in [0.1, 0.15) is 0 Å². The highest BCUT2D eigenvalue weighted by Crippen LogP contribution is 2.56. The molecule has 0 saturated carbocycles. The maximum atomic E-state index is 13.3. The molecule has 0 aromatic heterocycles. The fourth-order valence-electron chi connectivity index (χ4n) is 6.27. The quantitative estimate of drug-likeness (QED) is 0.468. The van der Waals surface area contributed by atoms with Gasteiger partial charge in [0.25, 0.3) is 0 Å².